The Hall–Kier alpha value is -2.54. The van der Waals surface area contributed by atoms with Crippen molar-refractivity contribution >= 4 is 29.1 Å². The fourth-order valence-corrected chi connectivity index (χ4v) is 2.78. The van der Waals surface area contributed by atoms with Crippen molar-refractivity contribution in [3.05, 3.63) is 51.5 Å². The Bertz CT molecular complexity index is 733. The van der Waals surface area contributed by atoms with Crippen molar-refractivity contribution in [3.8, 4) is 0 Å². The maximum Gasteiger partial charge on any atom is 0.326 e. The van der Waals surface area contributed by atoms with E-state index in [1.165, 1.54) is 11.3 Å². The van der Waals surface area contributed by atoms with Gasteiger partial charge in [-0.3, -0.25) is 19.3 Å². The molecule has 0 unspecified atom stereocenters. The molecule has 1 aromatic carbocycles. The summed E-state index contributed by atoms with van der Waals surface area (Å²) in [5.74, 6) is -1.58. The molecule has 0 spiro atoms. The van der Waals surface area contributed by atoms with Crippen molar-refractivity contribution in [2.24, 2.45) is 0 Å². The van der Waals surface area contributed by atoms with Gasteiger partial charge in [0.1, 0.15) is 13.2 Å². The molecule has 3 rings (SSSR count). The van der Waals surface area contributed by atoms with Gasteiger partial charge in [0.05, 0.1) is 21.8 Å². The van der Waals surface area contributed by atoms with Gasteiger partial charge in [0.2, 0.25) is 0 Å². The smallest absolute Gasteiger partial charge is 0.326 e. The Labute approximate surface area is 130 Å². The first-order valence-corrected chi connectivity index (χ1v) is 7.46. The van der Waals surface area contributed by atoms with E-state index in [0.717, 1.165) is 9.91 Å². The van der Waals surface area contributed by atoms with Crippen molar-refractivity contribution in [3.63, 3.8) is 0 Å². The molecule has 112 valence electrons. The number of imide groups is 1. The Morgan fingerprint density at radius 3 is 2.41 bits per heavy atom. The van der Waals surface area contributed by atoms with Crippen LogP contribution in [-0.2, 0) is 16.1 Å². The Morgan fingerprint density at radius 2 is 1.86 bits per heavy atom. The number of esters is 1. The van der Waals surface area contributed by atoms with Crippen molar-refractivity contribution in [2.75, 3.05) is 6.54 Å². The van der Waals surface area contributed by atoms with Gasteiger partial charge in [-0.2, -0.15) is 0 Å². The minimum absolute atomic E-state index is 0.0341. The highest BCUT2D eigenvalue weighted by molar-refractivity contribution is 7.09. The summed E-state index contributed by atoms with van der Waals surface area (Å²) in [4.78, 5) is 41.1. The minimum atomic E-state index is -0.639. The quantitative estimate of drug-likeness (QED) is 0.635. The third kappa shape index (κ3) is 2.62. The standard InChI is InChI=1S/C15H12N2O4S/c1-9-16-10(8-22-9)7-21-13(18)6-17-14(19)11-4-2-3-5-12(11)15(17)20/h2-5,8H,6-7H2,1H3. The molecule has 7 heteroatoms. The molecule has 0 saturated heterocycles. The molecule has 0 radical (unpaired) electrons. The van der Waals surface area contributed by atoms with Crippen molar-refractivity contribution in [1.82, 2.24) is 9.88 Å². The number of ether oxygens (including phenoxy) is 1. The van der Waals surface area contributed by atoms with E-state index < -0.39 is 24.3 Å². The van der Waals surface area contributed by atoms with Crippen LogP contribution in [0.4, 0.5) is 0 Å². The van der Waals surface area contributed by atoms with Crippen LogP contribution in [0.5, 0.6) is 0 Å². The van der Waals surface area contributed by atoms with E-state index in [-0.39, 0.29) is 6.61 Å². The molecule has 0 N–H and O–H groups in total. The van der Waals surface area contributed by atoms with Gasteiger partial charge in [-0.05, 0) is 19.1 Å². The van der Waals surface area contributed by atoms with Gasteiger partial charge < -0.3 is 4.74 Å². The molecule has 6 nitrogen and oxygen atoms in total. The average Bonchev–Trinajstić information content (AvgIpc) is 3.03. The molecular weight excluding hydrogens is 304 g/mol. The van der Waals surface area contributed by atoms with E-state index >= 15 is 0 Å². The van der Waals surface area contributed by atoms with Gasteiger partial charge in [0.15, 0.2) is 0 Å². The normalized spacial score (nSPS) is 13.4. The van der Waals surface area contributed by atoms with Crippen LogP contribution in [0.1, 0.15) is 31.4 Å². The molecule has 2 amide bonds. The fraction of sp³-hybridized carbons (Fsp3) is 0.200. The van der Waals surface area contributed by atoms with Crippen LogP contribution in [-0.4, -0.2) is 34.2 Å². The van der Waals surface area contributed by atoms with E-state index in [1.807, 2.05) is 6.92 Å². The lowest BCUT2D eigenvalue weighted by Gasteiger charge is -2.12. The zero-order valence-electron chi connectivity index (χ0n) is 11.7. The molecule has 2 heterocycles. The highest BCUT2D eigenvalue weighted by atomic mass is 32.1. The lowest BCUT2D eigenvalue weighted by atomic mass is 10.1. The van der Waals surface area contributed by atoms with E-state index in [4.69, 9.17) is 4.74 Å². The summed E-state index contributed by atoms with van der Waals surface area (Å²) in [7, 11) is 0. The lowest BCUT2D eigenvalue weighted by Crippen LogP contribution is -2.35. The summed E-state index contributed by atoms with van der Waals surface area (Å²) in [6, 6.07) is 6.49. The van der Waals surface area contributed by atoms with E-state index in [9.17, 15) is 14.4 Å². The van der Waals surface area contributed by atoms with Crippen molar-refractivity contribution in [1.29, 1.82) is 0 Å². The molecule has 0 bridgehead atoms. The van der Waals surface area contributed by atoms with Crippen molar-refractivity contribution < 1.29 is 19.1 Å². The number of hydrogen-bond donors (Lipinski definition) is 0. The predicted octanol–water partition coefficient (Wildman–Crippen LogP) is 1.79. The number of hydrogen-bond acceptors (Lipinski definition) is 6. The first kappa shape index (κ1) is 14.4. The number of aromatic nitrogens is 1. The van der Waals surface area contributed by atoms with E-state index in [1.54, 1.807) is 29.6 Å². The monoisotopic (exact) mass is 316 g/mol. The second-order valence-electron chi connectivity index (χ2n) is 4.76. The summed E-state index contributed by atoms with van der Waals surface area (Å²) in [6.07, 6.45) is 0. The Morgan fingerprint density at radius 1 is 1.23 bits per heavy atom. The number of amides is 2. The van der Waals surface area contributed by atoms with Gasteiger partial charge in [-0.25, -0.2) is 4.98 Å². The summed E-state index contributed by atoms with van der Waals surface area (Å²) < 4.78 is 5.06. The molecular formula is C15H12N2O4S. The predicted molar refractivity (Wildman–Crippen MR) is 78.5 cm³/mol. The second-order valence-corrected chi connectivity index (χ2v) is 5.82. The van der Waals surface area contributed by atoms with Gasteiger partial charge in [0.25, 0.3) is 11.8 Å². The maximum atomic E-state index is 12.1. The lowest BCUT2D eigenvalue weighted by molar-refractivity contribution is -0.145. The van der Waals surface area contributed by atoms with Crippen LogP contribution in [0, 0.1) is 6.92 Å². The van der Waals surface area contributed by atoms with Crippen LogP contribution >= 0.6 is 11.3 Å². The summed E-state index contributed by atoms with van der Waals surface area (Å²) in [6.45, 7) is 1.50. The molecule has 22 heavy (non-hydrogen) atoms. The number of rotatable bonds is 4. The number of fused-ring (bicyclic) bond motifs is 1. The zero-order chi connectivity index (χ0) is 15.7. The summed E-state index contributed by atoms with van der Waals surface area (Å²) in [5.41, 5.74) is 1.28. The van der Waals surface area contributed by atoms with Gasteiger partial charge in [-0.1, -0.05) is 12.1 Å². The van der Waals surface area contributed by atoms with Crippen LogP contribution in [0.2, 0.25) is 0 Å². The fourth-order valence-electron chi connectivity index (χ4n) is 2.19. The van der Waals surface area contributed by atoms with E-state index in [0.29, 0.717) is 16.8 Å². The topological polar surface area (TPSA) is 76.6 Å². The molecule has 1 aromatic heterocycles. The largest absolute Gasteiger partial charge is 0.458 e. The van der Waals surface area contributed by atoms with Crippen LogP contribution in [0.15, 0.2) is 29.6 Å². The molecule has 0 saturated carbocycles. The first-order chi connectivity index (χ1) is 10.6. The third-order valence-corrected chi connectivity index (χ3v) is 4.04. The molecule has 0 atom stereocenters. The van der Waals surface area contributed by atoms with Gasteiger partial charge >= 0.3 is 5.97 Å². The van der Waals surface area contributed by atoms with Crippen molar-refractivity contribution in [2.45, 2.75) is 13.5 Å². The van der Waals surface area contributed by atoms with Gasteiger partial charge in [-0.15, -0.1) is 11.3 Å². The minimum Gasteiger partial charge on any atom is -0.458 e. The van der Waals surface area contributed by atoms with Crippen LogP contribution in [0.25, 0.3) is 0 Å². The van der Waals surface area contributed by atoms with E-state index in [2.05, 4.69) is 4.98 Å². The SMILES string of the molecule is Cc1nc(COC(=O)CN2C(=O)c3ccccc3C2=O)cs1. The third-order valence-electron chi connectivity index (χ3n) is 3.21. The highest BCUT2D eigenvalue weighted by Crippen LogP contribution is 2.22. The molecule has 2 aromatic rings. The molecule has 0 aliphatic carbocycles. The Kier molecular flexibility index (Phi) is 3.72. The maximum absolute atomic E-state index is 12.1. The first-order valence-electron chi connectivity index (χ1n) is 6.58. The van der Waals surface area contributed by atoms with Crippen LogP contribution in [0.3, 0.4) is 0 Å². The second kappa shape index (κ2) is 5.69. The number of carbonyl (C=O) groups excluding carboxylic acids is 3. The number of aryl methyl sites for hydroxylation is 1. The highest BCUT2D eigenvalue weighted by Gasteiger charge is 2.36. The summed E-state index contributed by atoms with van der Waals surface area (Å²) in [5, 5.41) is 2.68. The average molecular weight is 316 g/mol. The number of thiazole rings is 1. The molecule has 1 aliphatic rings. The number of carbonyl (C=O) groups is 3. The zero-order valence-corrected chi connectivity index (χ0v) is 12.6. The molecule has 0 fully saturated rings. The number of benzene rings is 1. The van der Waals surface area contributed by atoms with Crippen LogP contribution < -0.4 is 0 Å². The number of nitrogens with zero attached hydrogens (tertiary/aromatic N) is 2. The van der Waals surface area contributed by atoms with Gasteiger partial charge in [0, 0.05) is 5.38 Å². The Balaban J connectivity index is 1.63. The summed E-state index contributed by atoms with van der Waals surface area (Å²) >= 11 is 1.46. The molecule has 1 aliphatic heterocycles.